The highest BCUT2D eigenvalue weighted by Crippen LogP contribution is 2.49. The number of hydrogen-bond acceptors (Lipinski definition) is 3. The minimum Gasteiger partial charge on any atom is -0.342 e. The van der Waals surface area contributed by atoms with Crippen LogP contribution in [-0.2, 0) is 11.3 Å². The summed E-state index contributed by atoms with van der Waals surface area (Å²) in [6.45, 7) is 4.84. The van der Waals surface area contributed by atoms with Crippen LogP contribution >= 0.6 is 0 Å². The van der Waals surface area contributed by atoms with Crippen LogP contribution in [0.3, 0.4) is 0 Å². The number of carbonyl (C=O) groups excluding carboxylic acids is 1. The third-order valence-electron chi connectivity index (χ3n) is 5.32. The second-order valence-electron chi connectivity index (χ2n) is 6.83. The van der Waals surface area contributed by atoms with E-state index in [0.717, 1.165) is 5.52 Å². The molecule has 1 aromatic carbocycles. The van der Waals surface area contributed by atoms with Crippen LogP contribution in [0.4, 0.5) is 0 Å². The summed E-state index contributed by atoms with van der Waals surface area (Å²) in [6.07, 6.45) is 4.09. The first-order chi connectivity index (χ1) is 10.9. The summed E-state index contributed by atoms with van der Waals surface area (Å²) in [5.41, 5.74) is 0.973. The summed E-state index contributed by atoms with van der Waals surface area (Å²) < 4.78 is 1.74. The molecule has 122 valence electrons. The van der Waals surface area contributed by atoms with Crippen LogP contribution in [0.15, 0.2) is 35.3 Å². The van der Waals surface area contributed by atoms with Crippen molar-refractivity contribution >= 4 is 16.8 Å². The molecular weight excluding hydrogens is 290 g/mol. The Morgan fingerprint density at radius 2 is 2.09 bits per heavy atom. The Bertz CT molecular complexity index is 792. The van der Waals surface area contributed by atoms with Gasteiger partial charge >= 0.3 is 0 Å². The fourth-order valence-corrected chi connectivity index (χ4v) is 3.02. The largest absolute Gasteiger partial charge is 0.342 e. The fraction of sp³-hybridized carbons (Fsp3) is 0.500. The zero-order valence-corrected chi connectivity index (χ0v) is 14.0. The van der Waals surface area contributed by atoms with Crippen molar-refractivity contribution in [3.8, 4) is 0 Å². The molecule has 1 unspecified atom stereocenters. The first-order valence-corrected chi connectivity index (χ1v) is 8.13. The van der Waals surface area contributed by atoms with Gasteiger partial charge in [-0.3, -0.25) is 14.3 Å². The van der Waals surface area contributed by atoms with Gasteiger partial charge in [0.1, 0.15) is 0 Å². The maximum Gasteiger partial charge on any atom is 0.224 e. The smallest absolute Gasteiger partial charge is 0.224 e. The Hall–Kier alpha value is -2.17. The molecule has 1 aliphatic carbocycles. The predicted octanol–water partition coefficient (Wildman–Crippen LogP) is 2.43. The van der Waals surface area contributed by atoms with E-state index in [2.05, 4.69) is 18.9 Å². The number of aromatic nitrogens is 2. The van der Waals surface area contributed by atoms with Gasteiger partial charge in [0.2, 0.25) is 11.3 Å². The molecule has 0 bridgehead atoms. The van der Waals surface area contributed by atoms with E-state index in [9.17, 15) is 9.59 Å². The van der Waals surface area contributed by atoms with Gasteiger partial charge in [-0.1, -0.05) is 19.1 Å². The quantitative estimate of drug-likeness (QED) is 0.852. The molecule has 0 aliphatic heterocycles. The zero-order chi connectivity index (χ0) is 16.6. The van der Waals surface area contributed by atoms with Gasteiger partial charge in [-0.15, -0.1) is 0 Å². The highest BCUT2D eigenvalue weighted by molar-refractivity contribution is 5.79. The van der Waals surface area contributed by atoms with Crippen molar-refractivity contribution in [3.63, 3.8) is 0 Å². The molecule has 2 aromatic rings. The Morgan fingerprint density at radius 1 is 1.39 bits per heavy atom. The van der Waals surface area contributed by atoms with Crippen LogP contribution in [0.25, 0.3) is 10.9 Å². The summed E-state index contributed by atoms with van der Waals surface area (Å²) >= 11 is 0. The molecule has 1 atom stereocenters. The molecule has 1 amide bonds. The van der Waals surface area contributed by atoms with Crippen molar-refractivity contribution in [1.29, 1.82) is 0 Å². The predicted molar refractivity (Wildman–Crippen MR) is 90.2 cm³/mol. The van der Waals surface area contributed by atoms with E-state index in [1.165, 1.54) is 19.0 Å². The molecule has 1 saturated carbocycles. The molecule has 0 radical (unpaired) electrons. The molecule has 1 aromatic heterocycles. The number of aryl methyl sites for hydroxylation is 1. The number of nitrogens with zero attached hydrogens (tertiary/aromatic N) is 3. The average Bonchev–Trinajstić information content (AvgIpc) is 3.31. The lowest BCUT2D eigenvalue weighted by molar-refractivity contribution is -0.133. The number of carbonyl (C=O) groups is 1. The molecule has 1 fully saturated rings. The molecule has 5 nitrogen and oxygen atoms in total. The molecule has 1 heterocycles. The molecule has 0 spiro atoms. The number of benzene rings is 1. The van der Waals surface area contributed by atoms with Gasteiger partial charge in [-0.05, 0) is 37.3 Å². The lowest BCUT2D eigenvalue weighted by atomic mass is 9.99. The summed E-state index contributed by atoms with van der Waals surface area (Å²) in [5.74, 6) is 0.121. The van der Waals surface area contributed by atoms with Gasteiger partial charge in [0, 0.05) is 24.9 Å². The average molecular weight is 313 g/mol. The minimum absolute atomic E-state index is 0.0874. The Labute approximate surface area is 135 Å². The van der Waals surface area contributed by atoms with E-state index in [0.29, 0.717) is 18.4 Å². The third-order valence-corrected chi connectivity index (χ3v) is 5.32. The topological polar surface area (TPSA) is 55.2 Å². The van der Waals surface area contributed by atoms with E-state index in [4.69, 9.17) is 0 Å². The monoisotopic (exact) mass is 313 g/mol. The SMILES string of the molecule is CC(N(C)C(=O)CCn1ncc(=O)c2ccccc21)C1(C)CC1. The van der Waals surface area contributed by atoms with Crippen LogP contribution in [0.1, 0.15) is 33.1 Å². The first kappa shape index (κ1) is 15.7. The number of fused-ring (bicyclic) bond motifs is 1. The maximum atomic E-state index is 12.5. The van der Waals surface area contributed by atoms with Gasteiger partial charge < -0.3 is 4.90 Å². The minimum atomic E-state index is -0.0874. The molecule has 5 heteroatoms. The van der Waals surface area contributed by atoms with Crippen LogP contribution in [0.2, 0.25) is 0 Å². The normalized spacial score (nSPS) is 17.0. The Kier molecular flexibility index (Phi) is 3.96. The van der Waals surface area contributed by atoms with Crippen molar-refractivity contribution in [2.45, 2.75) is 45.7 Å². The standard InChI is InChI=1S/C18H23N3O2/c1-13(18(2)9-10-18)20(3)17(23)8-11-21-15-7-5-4-6-14(15)16(22)12-19-21/h4-7,12-13H,8-11H2,1-3H3. The lowest BCUT2D eigenvalue weighted by Crippen LogP contribution is -2.40. The van der Waals surface area contributed by atoms with Crippen LogP contribution < -0.4 is 5.43 Å². The van der Waals surface area contributed by atoms with Gasteiger partial charge in [-0.2, -0.15) is 5.10 Å². The Morgan fingerprint density at radius 3 is 2.78 bits per heavy atom. The molecule has 23 heavy (non-hydrogen) atoms. The zero-order valence-electron chi connectivity index (χ0n) is 14.0. The van der Waals surface area contributed by atoms with Crippen molar-refractivity contribution in [3.05, 3.63) is 40.7 Å². The van der Waals surface area contributed by atoms with E-state index < -0.39 is 0 Å². The second kappa shape index (κ2) is 5.80. The third kappa shape index (κ3) is 3.00. The lowest BCUT2D eigenvalue weighted by Gasteiger charge is -2.30. The highest BCUT2D eigenvalue weighted by atomic mass is 16.2. The fourth-order valence-electron chi connectivity index (χ4n) is 3.02. The molecule has 0 saturated heterocycles. The van der Waals surface area contributed by atoms with Crippen molar-refractivity contribution < 1.29 is 4.79 Å². The first-order valence-electron chi connectivity index (χ1n) is 8.13. The molecule has 0 N–H and O–H groups in total. The van der Waals surface area contributed by atoms with E-state index in [1.807, 2.05) is 30.1 Å². The number of para-hydroxylation sites is 1. The maximum absolute atomic E-state index is 12.5. The summed E-state index contributed by atoms with van der Waals surface area (Å²) in [6, 6.07) is 7.63. The molecule has 1 aliphatic rings. The highest BCUT2D eigenvalue weighted by Gasteiger charge is 2.45. The van der Waals surface area contributed by atoms with Gasteiger partial charge in [0.15, 0.2) is 0 Å². The summed E-state index contributed by atoms with van der Waals surface area (Å²) in [7, 11) is 1.88. The van der Waals surface area contributed by atoms with Gasteiger partial charge in [0.05, 0.1) is 18.3 Å². The van der Waals surface area contributed by atoms with Crippen molar-refractivity contribution in [2.75, 3.05) is 7.05 Å². The van der Waals surface area contributed by atoms with Crippen molar-refractivity contribution in [2.24, 2.45) is 5.41 Å². The number of amides is 1. The second-order valence-corrected chi connectivity index (χ2v) is 6.83. The Balaban J connectivity index is 1.72. The number of hydrogen-bond donors (Lipinski definition) is 0. The van der Waals surface area contributed by atoms with Crippen molar-refractivity contribution in [1.82, 2.24) is 14.7 Å². The van der Waals surface area contributed by atoms with Gasteiger partial charge in [-0.25, -0.2) is 0 Å². The van der Waals surface area contributed by atoms with E-state index >= 15 is 0 Å². The van der Waals surface area contributed by atoms with E-state index in [-0.39, 0.29) is 22.8 Å². The van der Waals surface area contributed by atoms with E-state index in [1.54, 1.807) is 10.7 Å². The van der Waals surface area contributed by atoms with Crippen LogP contribution in [-0.4, -0.2) is 33.7 Å². The molecule has 3 rings (SSSR count). The molecular formula is C18H23N3O2. The number of rotatable bonds is 5. The van der Waals surface area contributed by atoms with Crippen LogP contribution in [0, 0.1) is 5.41 Å². The summed E-state index contributed by atoms with van der Waals surface area (Å²) in [5, 5.41) is 4.82. The van der Waals surface area contributed by atoms with Gasteiger partial charge in [0.25, 0.3) is 0 Å². The van der Waals surface area contributed by atoms with Crippen LogP contribution in [0.5, 0.6) is 0 Å². The summed E-state index contributed by atoms with van der Waals surface area (Å²) in [4.78, 5) is 26.2.